The van der Waals surface area contributed by atoms with Gasteiger partial charge < -0.3 is 14.1 Å². The number of amides is 1. The number of furan rings is 1. The summed E-state index contributed by atoms with van der Waals surface area (Å²) in [5, 5.41) is 0. The summed E-state index contributed by atoms with van der Waals surface area (Å²) >= 11 is 0. The Labute approximate surface area is 142 Å². The minimum absolute atomic E-state index is 0.0684. The highest BCUT2D eigenvalue weighted by Gasteiger charge is 2.26. The first-order valence-electron chi connectivity index (χ1n) is 8.37. The molecule has 0 bridgehead atoms. The van der Waals surface area contributed by atoms with Gasteiger partial charge in [-0.15, -0.1) is 0 Å². The lowest BCUT2D eigenvalue weighted by Crippen LogP contribution is -2.49. The number of hydrogen-bond acceptors (Lipinski definition) is 4. The van der Waals surface area contributed by atoms with Crippen molar-refractivity contribution in [1.82, 2.24) is 4.90 Å². The predicted molar refractivity (Wildman–Crippen MR) is 92.8 cm³/mol. The van der Waals surface area contributed by atoms with E-state index in [4.69, 9.17) is 9.15 Å². The zero-order valence-corrected chi connectivity index (χ0v) is 14.2. The number of hydrogen-bond donors (Lipinski definition) is 0. The van der Waals surface area contributed by atoms with Gasteiger partial charge in [-0.25, -0.2) is 0 Å². The lowest BCUT2D eigenvalue weighted by molar-refractivity contribution is -0.123. The van der Waals surface area contributed by atoms with Crippen molar-refractivity contribution in [3.05, 3.63) is 54.5 Å². The minimum atomic E-state index is 0.0684. The van der Waals surface area contributed by atoms with Crippen molar-refractivity contribution >= 4 is 11.6 Å². The number of carbonyl (C=O) groups excluding carboxylic acids is 1. The molecule has 1 aliphatic rings. The first-order chi connectivity index (χ1) is 11.6. The molecule has 5 heteroatoms. The molecule has 1 aromatic carbocycles. The Morgan fingerprint density at radius 1 is 1.12 bits per heavy atom. The molecule has 3 rings (SSSR count). The molecule has 0 saturated carbocycles. The Hall–Kier alpha value is -2.11. The Balaban J connectivity index is 1.73. The second kappa shape index (κ2) is 7.64. The van der Waals surface area contributed by atoms with E-state index in [1.165, 1.54) is 0 Å². The van der Waals surface area contributed by atoms with E-state index < -0.39 is 0 Å². The van der Waals surface area contributed by atoms with Gasteiger partial charge in [0.05, 0.1) is 31.6 Å². The maximum atomic E-state index is 13.0. The number of rotatable bonds is 5. The van der Waals surface area contributed by atoms with Crippen LogP contribution in [-0.2, 0) is 16.1 Å². The number of anilines is 1. The monoisotopic (exact) mass is 328 g/mol. The van der Waals surface area contributed by atoms with Gasteiger partial charge in [0.2, 0.25) is 5.91 Å². The van der Waals surface area contributed by atoms with Crippen LogP contribution in [-0.4, -0.2) is 42.6 Å². The summed E-state index contributed by atoms with van der Waals surface area (Å²) in [4.78, 5) is 16.9. The Morgan fingerprint density at radius 3 is 2.46 bits per heavy atom. The van der Waals surface area contributed by atoms with E-state index in [0.29, 0.717) is 13.1 Å². The van der Waals surface area contributed by atoms with Crippen molar-refractivity contribution in [3.8, 4) is 0 Å². The van der Waals surface area contributed by atoms with E-state index in [1.54, 1.807) is 11.2 Å². The number of nitrogens with zero attached hydrogens (tertiary/aromatic N) is 2. The summed E-state index contributed by atoms with van der Waals surface area (Å²) in [6.45, 7) is 6.47. The van der Waals surface area contributed by atoms with Crippen LogP contribution in [0, 0.1) is 0 Å². The quantitative estimate of drug-likeness (QED) is 0.847. The molecule has 1 fully saturated rings. The maximum absolute atomic E-state index is 13.0. The number of carbonyl (C=O) groups is 1. The fourth-order valence-corrected chi connectivity index (χ4v) is 3.18. The second-order valence-electron chi connectivity index (χ2n) is 6.35. The third kappa shape index (κ3) is 4.24. The number of morpholine rings is 1. The van der Waals surface area contributed by atoms with Crippen molar-refractivity contribution in [2.45, 2.75) is 32.6 Å². The van der Waals surface area contributed by atoms with Gasteiger partial charge in [0.1, 0.15) is 5.76 Å². The van der Waals surface area contributed by atoms with Gasteiger partial charge in [0.25, 0.3) is 0 Å². The molecule has 0 radical (unpaired) electrons. The van der Waals surface area contributed by atoms with Crippen LogP contribution in [0.5, 0.6) is 0 Å². The molecule has 0 spiro atoms. The number of benzene rings is 1. The van der Waals surface area contributed by atoms with Crippen LogP contribution in [0.15, 0.2) is 53.1 Å². The molecule has 1 amide bonds. The zero-order chi connectivity index (χ0) is 16.9. The van der Waals surface area contributed by atoms with E-state index in [-0.39, 0.29) is 18.1 Å². The van der Waals surface area contributed by atoms with Crippen molar-refractivity contribution in [1.29, 1.82) is 0 Å². The normalized spacial score (nSPS) is 21.6. The molecular weight excluding hydrogens is 304 g/mol. The maximum Gasteiger partial charge on any atom is 0.241 e. The molecule has 24 heavy (non-hydrogen) atoms. The van der Waals surface area contributed by atoms with Crippen LogP contribution < -0.4 is 4.90 Å². The van der Waals surface area contributed by atoms with Crippen molar-refractivity contribution in [3.63, 3.8) is 0 Å². The van der Waals surface area contributed by atoms with Crippen LogP contribution in [0.4, 0.5) is 5.69 Å². The van der Waals surface area contributed by atoms with Gasteiger partial charge in [0, 0.05) is 18.8 Å². The van der Waals surface area contributed by atoms with Gasteiger partial charge in [0.15, 0.2) is 0 Å². The van der Waals surface area contributed by atoms with Crippen LogP contribution in [0.1, 0.15) is 19.6 Å². The van der Waals surface area contributed by atoms with E-state index in [1.807, 2.05) is 56.3 Å². The molecule has 2 unspecified atom stereocenters. The first kappa shape index (κ1) is 16.7. The molecule has 2 atom stereocenters. The molecular formula is C19H24N2O3. The van der Waals surface area contributed by atoms with Crippen molar-refractivity contribution in [2.24, 2.45) is 0 Å². The van der Waals surface area contributed by atoms with E-state index in [0.717, 1.165) is 24.5 Å². The Kier molecular flexibility index (Phi) is 5.33. The van der Waals surface area contributed by atoms with Crippen LogP contribution in [0.25, 0.3) is 0 Å². The van der Waals surface area contributed by atoms with Crippen molar-refractivity contribution < 1.29 is 13.9 Å². The summed E-state index contributed by atoms with van der Waals surface area (Å²) in [5.41, 5.74) is 0.883. The highest BCUT2D eigenvalue weighted by molar-refractivity contribution is 5.94. The molecule has 1 aliphatic heterocycles. The highest BCUT2D eigenvalue weighted by Crippen LogP contribution is 2.19. The van der Waals surface area contributed by atoms with Gasteiger partial charge in [-0.2, -0.15) is 0 Å². The highest BCUT2D eigenvalue weighted by atomic mass is 16.5. The summed E-state index contributed by atoms with van der Waals surface area (Å²) in [6, 6.07) is 13.5. The van der Waals surface area contributed by atoms with Gasteiger partial charge in [-0.3, -0.25) is 9.69 Å². The average molecular weight is 328 g/mol. The predicted octanol–water partition coefficient (Wildman–Crippen LogP) is 2.92. The van der Waals surface area contributed by atoms with E-state index in [2.05, 4.69) is 4.90 Å². The summed E-state index contributed by atoms with van der Waals surface area (Å²) in [6.07, 6.45) is 1.93. The number of para-hydroxylation sites is 1. The molecule has 1 saturated heterocycles. The topological polar surface area (TPSA) is 45.9 Å². The third-order valence-electron chi connectivity index (χ3n) is 4.12. The second-order valence-corrected chi connectivity index (χ2v) is 6.35. The lowest BCUT2D eigenvalue weighted by atomic mass is 10.2. The van der Waals surface area contributed by atoms with Gasteiger partial charge in [-0.1, -0.05) is 18.2 Å². The van der Waals surface area contributed by atoms with Crippen LogP contribution >= 0.6 is 0 Å². The minimum Gasteiger partial charge on any atom is -0.467 e. The molecule has 0 N–H and O–H groups in total. The molecule has 5 nitrogen and oxygen atoms in total. The summed E-state index contributed by atoms with van der Waals surface area (Å²) in [5.74, 6) is 0.842. The Bertz CT molecular complexity index is 632. The summed E-state index contributed by atoms with van der Waals surface area (Å²) in [7, 11) is 0. The molecule has 0 aliphatic carbocycles. The van der Waals surface area contributed by atoms with Gasteiger partial charge >= 0.3 is 0 Å². The Morgan fingerprint density at radius 2 is 1.83 bits per heavy atom. The zero-order valence-electron chi connectivity index (χ0n) is 14.2. The van der Waals surface area contributed by atoms with Crippen molar-refractivity contribution in [2.75, 3.05) is 24.5 Å². The van der Waals surface area contributed by atoms with Crippen LogP contribution in [0.3, 0.4) is 0 Å². The third-order valence-corrected chi connectivity index (χ3v) is 4.12. The molecule has 128 valence electrons. The molecule has 2 aromatic rings. The molecule has 1 aromatic heterocycles. The standard InChI is InChI=1S/C19H24N2O3/c1-15-11-20(12-16(2)24-15)14-19(22)21(13-18-9-6-10-23-18)17-7-4-3-5-8-17/h3-10,15-16H,11-14H2,1-2H3. The number of ether oxygens (including phenoxy) is 1. The van der Waals surface area contributed by atoms with Crippen LogP contribution in [0.2, 0.25) is 0 Å². The smallest absolute Gasteiger partial charge is 0.241 e. The van der Waals surface area contributed by atoms with E-state index >= 15 is 0 Å². The fourth-order valence-electron chi connectivity index (χ4n) is 3.18. The van der Waals surface area contributed by atoms with Gasteiger partial charge in [-0.05, 0) is 38.1 Å². The lowest BCUT2D eigenvalue weighted by Gasteiger charge is -2.36. The fraction of sp³-hybridized carbons (Fsp3) is 0.421. The SMILES string of the molecule is CC1CN(CC(=O)N(Cc2ccco2)c2ccccc2)CC(C)O1. The first-order valence-corrected chi connectivity index (χ1v) is 8.37. The van der Waals surface area contributed by atoms with E-state index in [9.17, 15) is 4.79 Å². The summed E-state index contributed by atoms with van der Waals surface area (Å²) < 4.78 is 11.2. The largest absolute Gasteiger partial charge is 0.467 e. The average Bonchev–Trinajstić information content (AvgIpc) is 3.05. The molecule has 2 heterocycles.